The summed E-state index contributed by atoms with van der Waals surface area (Å²) in [6.07, 6.45) is 0.604. The first kappa shape index (κ1) is 15.0. The summed E-state index contributed by atoms with van der Waals surface area (Å²) in [5.41, 5.74) is 1.39. The molecular weight excluding hydrogens is 244 g/mol. The van der Waals surface area contributed by atoms with E-state index in [1.807, 2.05) is 6.92 Å². The van der Waals surface area contributed by atoms with Gasteiger partial charge in [-0.05, 0) is 26.0 Å². The van der Waals surface area contributed by atoms with Crippen molar-refractivity contribution in [1.29, 1.82) is 0 Å². The average Bonchev–Trinajstić information content (AvgIpc) is 2.38. The van der Waals surface area contributed by atoms with Crippen LogP contribution in [0.15, 0.2) is 36.4 Å². The van der Waals surface area contributed by atoms with Crippen LogP contribution in [0.5, 0.6) is 0 Å². The Morgan fingerprint density at radius 3 is 2.11 bits per heavy atom. The van der Waals surface area contributed by atoms with Crippen LogP contribution in [-0.2, 0) is 9.47 Å². The van der Waals surface area contributed by atoms with Gasteiger partial charge in [0.05, 0.1) is 24.3 Å². The topological polar surface area (TPSA) is 52.6 Å². The Labute approximate surface area is 113 Å². The number of rotatable bonds is 6. The van der Waals surface area contributed by atoms with Crippen LogP contribution < -0.4 is 0 Å². The number of carbonyl (C=O) groups is 2. The lowest BCUT2D eigenvalue weighted by molar-refractivity contribution is 0.0469. The number of benzene rings is 1. The van der Waals surface area contributed by atoms with Crippen molar-refractivity contribution in [2.45, 2.75) is 20.3 Å². The Morgan fingerprint density at radius 2 is 1.63 bits per heavy atom. The van der Waals surface area contributed by atoms with Crippen LogP contribution in [0.25, 0.3) is 0 Å². The van der Waals surface area contributed by atoms with Gasteiger partial charge in [-0.3, -0.25) is 0 Å². The van der Waals surface area contributed by atoms with E-state index in [9.17, 15) is 9.59 Å². The van der Waals surface area contributed by atoms with Gasteiger partial charge >= 0.3 is 11.9 Å². The second kappa shape index (κ2) is 7.36. The van der Waals surface area contributed by atoms with Gasteiger partial charge in [0.1, 0.15) is 0 Å². The molecule has 4 nitrogen and oxygen atoms in total. The van der Waals surface area contributed by atoms with Crippen molar-refractivity contribution in [3.05, 3.63) is 47.5 Å². The van der Waals surface area contributed by atoms with Crippen molar-refractivity contribution in [2.75, 3.05) is 13.2 Å². The standard InChI is InChI=1S/C15H18O4/c1-4-18-14(16)12-7-5-6-8-13(12)15(17)19-10-9-11(2)3/h5-8H,2,4,9-10H2,1,3H3. The van der Waals surface area contributed by atoms with E-state index >= 15 is 0 Å². The molecule has 4 heteroatoms. The van der Waals surface area contributed by atoms with Gasteiger partial charge in [0.15, 0.2) is 0 Å². The quantitative estimate of drug-likeness (QED) is 0.584. The van der Waals surface area contributed by atoms with Gasteiger partial charge in [0.25, 0.3) is 0 Å². The number of hydrogen-bond acceptors (Lipinski definition) is 4. The Morgan fingerprint density at radius 1 is 1.11 bits per heavy atom. The molecule has 0 amide bonds. The zero-order valence-corrected chi connectivity index (χ0v) is 11.3. The summed E-state index contributed by atoms with van der Waals surface area (Å²) in [6.45, 7) is 7.82. The van der Waals surface area contributed by atoms with E-state index in [2.05, 4.69) is 6.58 Å². The minimum Gasteiger partial charge on any atom is -0.462 e. The lowest BCUT2D eigenvalue weighted by Gasteiger charge is -2.08. The molecule has 0 fully saturated rings. The van der Waals surface area contributed by atoms with E-state index in [-0.39, 0.29) is 24.3 Å². The maximum absolute atomic E-state index is 11.9. The molecule has 0 atom stereocenters. The highest BCUT2D eigenvalue weighted by Gasteiger charge is 2.18. The highest BCUT2D eigenvalue weighted by Crippen LogP contribution is 2.12. The van der Waals surface area contributed by atoms with Crippen molar-refractivity contribution in [3.63, 3.8) is 0 Å². The summed E-state index contributed by atoms with van der Waals surface area (Å²) in [4.78, 5) is 23.6. The van der Waals surface area contributed by atoms with Crippen LogP contribution in [0.4, 0.5) is 0 Å². The number of hydrogen-bond donors (Lipinski definition) is 0. The fourth-order valence-corrected chi connectivity index (χ4v) is 1.44. The normalized spacial score (nSPS) is 9.79. The Hall–Kier alpha value is -2.10. The second-order valence-corrected chi connectivity index (χ2v) is 4.11. The molecule has 0 N–H and O–H groups in total. The third kappa shape index (κ3) is 4.58. The van der Waals surface area contributed by atoms with E-state index in [1.165, 1.54) is 0 Å². The third-order valence-corrected chi connectivity index (χ3v) is 2.40. The molecule has 0 aromatic heterocycles. The Bertz CT molecular complexity index is 477. The first-order chi connectivity index (χ1) is 9.06. The molecule has 0 radical (unpaired) electrons. The Kier molecular flexibility index (Phi) is 5.79. The monoisotopic (exact) mass is 262 g/mol. The van der Waals surface area contributed by atoms with E-state index in [0.29, 0.717) is 6.42 Å². The minimum absolute atomic E-state index is 0.225. The van der Waals surface area contributed by atoms with Crippen molar-refractivity contribution in [3.8, 4) is 0 Å². The van der Waals surface area contributed by atoms with E-state index < -0.39 is 11.9 Å². The molecule has 19 heavy (non-hydrogen) atoms. The molecule has 1 aromatic carbocycles. The molecule has 0 saturated heterocycles. The van der Waals surface area contributed by atoms with Crippen LogP contribution >= 0.6 is 0 Å². The van der Waals surface area contributed by atoms with Crippen molar-refractivity contribution >= 4 is 11.9 Å². The van der Waals surface area contributed by atoms with Gasteiger partial charge in [0.2, 0.25) is 0 Å². The zero-order chi connectivity index (χ0) is 14.3. The lowest BCUT2D eigenvalue weighted by Crippen LogP contribution is -2.14. The predicted molar refractivity (Wildman–Crippen MR) is 72.1 cm³/mol. The summed E-state index contributed by atoms with van der Waals surface area (Å²) in [5, 5.41) is 0. The van der Waals surface area contributed by atoms with Gasteiger partial charge < -0.3 is 9.47 Å². The first-order valence-corrected chi connectivity index (χ1v) is 6.14. The molecule has 102 valence electrons. The molecule has 0 aliphatic heterocycles. The van der Waals surface area contributed by atoms with Crippen LogP contribution in [0.2, 0.25) is 0 Å². The summed E-state index contributed by atoms with van der Waals surface area (Å²) < 4.78 is 10.0. The molecule has 0 unspecified atom stereocenters. The molecule has 0 bridgehead atoms. The third-order valence-electron chi connectivity index (χ3n) is 2.40. The zero-order valence-electron chi connectivity index (χ0n) is 11.3. The fraction of sp³-hybridized carbons (Fsp3) is 0.333. The predicted octanol–water partition coefficient (Wildman–Crippen LogP) is 2.99. The highest BCUT2D eigenvalue weighted by molar-refractivity contribution is 6.03. The van der Waals surface area contributed by atoms with E-state index in [0.717, 1.165) is 5.57 Å². The summed E-state index contributed by atoms with van der Waals surface area (Å²) >= 11 is 0. The smallest absolute Gasteiger partial charge is 0.339 e. The SMILES string of the molecule is C=C(C)CCOC(=O)c1ccccc1C(=O)OCC. The summed E-state index contributed by atoms with van der Waals surface area (Å²) in [5.74, 6) is -1.04. The summed E-state index contributed by atoms with van der Waals surface area (Å²) in [6, 6.07) is 6.46. The minimum atomic E-state index is -0.523. The first-order valence-electron chi connectivity index (χ1n) is 6.14. The molecule has 0 heterocycles. The number of esters is 2. The van der Waals surface area contributed by atoms with E-state index in [1.54, 1.807) is 31.2 Å². The Balaban J connectivity index is 2.79. The molecule has 0 spiro atoms. The van der Waals surface area contributed by atoms with Crippen LogP contribution in [0.1, 0.15) is 41.0 Å². The second-order valence-electron chi connectivity index (χ2n) is 4.11. The maximum atomic E-state index is 11.9. The number of ether oxygens (including phenoxy) is 2. The molecular formula is C15H18O4. The van der Waals surface area contributed by atoms with Crippen LogP contribution in [-0.4, -0.2) is 25.2 Å². The van der Waals surface area contributed by atoms with Gasteiger partial charge in [-0.2, -0.15) is 0 Å². The highest BCUT2D eigenvalue weighted by atomic mass is 16.5. The van der Waals surface area contributed by atoms with Gasteiger partial charge in [0, 0.05) is 6.42 Å². The van der Waals surface area contributed by atoms with Crippen LogP contribution in [0, 0.1) is 0 Å². The molecule has 1 aromatic rings. The van der Waals surface area contributed by atoms with Crippen LogP contribution in [0.3, 0.4) is 0 Å². The molecule has 0 saturated carbocycles. The molecule has 0 aliphatic carbocycles. The number of carbonyl (C=O) groups excluding carboxylic acids is 2. The fourth-order valence-electron chi connectivity index (χ4n) is 1.44. The molecule has 0 aliphatic rings. The van der Waals surface area contributed by atoms with Crippen molar-refractivity contribution < 1.29 is 19.1 Å². The molecule has 1 rings (SSSR count). The summed E-state index contributed by atoms with van der Waals surface area (Å²) in [7, 11) is 0. The van der Waals surface area contributed by atoms with Gasteiger partial charge in [-0.15, -0.1) is 6.58 Å². The van der Waals surface area contributed by atoms with Gasteiger partial charge in [-0.25, -0.2) is 9.59 Å². The maximum Gasteiger partial charge on any atom is 0.339 e. The van der Waals surface area contributed by atoms with E-state index in [4.69, 9.17) is 9.47 Å². The van der Waals surface area contributed by atoms with Gasteiger partial charge in [-0.1, -0.05) is 17.7 Å². The largest absolute Gasteiger partial charge is 0.462 e. The van der Waals surface area contributed by atoms with Crippen molar-refractivity contribution in [2.24, 2.45) is 0 Å². The average molecular weight is 262 g/mol. The lowest BCUT2D eigenvalue weighted by atomic mass is 10.1. The van der Waals surface area contributed by atoms with Crippen molar-refractivity contribution in [1.82, 2.24) is 0 Å².